The van der Waals surface area contributed by atoms with Crippen LogP contribution in [0.3, 0.4) is 0 Å². The van der Waals surface area contributed by atoms with Crippen LogP contribution < -0.4 is 4.74 Å². The number of ether oxygens (including phenoxy) is 2. The topological polar surface area (TPSA) is 86.0 Å². The number of imide groups is 1. The van der Waals surface area contributed by atoms with E-state index >= 15 is 0 Å². The Morgan fingerprint density at radius 1 is 1.06 bits per heavy atom. The number of nitrogens with zero attached hydrogens (tertiary/aromatic N) is 1. The Bertz CT molecular complexity index is 1220. The summed E-state index contributed by atoms with van der Waals surface area (Å²) in [5.74, 6) is -0.0658. The molecule has 1 fully saturated rings. The molecular weight excluding hydrogens is 466 g/mol. The first-order chi connectivity index (χ1) is 15.9. The van der Waals surface area contributed by atoms with E-state index in [1.165, 1.54) is 19.2 Å². The Hall–Kier alpha value is -3.49. The van der Waals surface area contributed by atoms with Crippen molar-refractivity contribution in [1.82, 2.24) is 4.90 Å². The Balaban J connectivity index is 1.39. The first-order valence-corrected chi connectivity index (χ1v) is 11.0. The third kappa shape index (κ3) is 5.47. The van der Waals surface area contributed by atoms with E-state index in [9.17, 15) is 14.4 Å². The van der Waals surface area contributed by atoms with Crippen LogP contribution in [0.15, 0.2) is 70.0 Å². The van der Waals surface area contributed by atoms with Gasteiger partial charge in [-0.3, -0.25) is 14.5 Å². The molecule has 0 saturated carbocycles. The Morgan fingerprint density at radius 3 is 2.48 bits per heavy atom. The number of methoxy groups -OCH3 is 1. The SMILES string of the molecule is COC(=O)c1ccc(CN2C(=O)S/C(=C/c3ccc(OCc4ccc(Cl)cc4)cc3)C2=O)o1. The van der Waals surface area contributed by atoms with Crippen molar-refractivity contribution in [2.45, 2.75) is 13.2 Å². The van der Waals surface area contributed by atoms with Crippen LogP contribution in [0.25, 0.3) is 6.08 Å². The summed E-state index contributed by atoms with van der Waals surface area (Å²) in [6, 6.07) is 17.6. The number of amides is 2. The summed E-state index contributed by atoms with van der Waals surface area (Å²) in [7, 11) is 1.24. The van der Waals surface area contributed by atoms with Gasteiger partial charge in [-0.05, 0) is 65.4 Å². The molecule has 0 unspecified atom stereocenters. The molecule has 0 bridgehead atoms. The highest BCUT2D eigenvalue weighted by Gasteiger charge is 2.35. The Labute approximate surface area is 198 Å². The second kappa shape index (κ2) is 9.97. The van der Waals surface area contributed by atoms with Crippen molar-refractivity contribution < 1.29 is 28.3 Å². The lowest BCUT2D eigenvalue weighted by Gasteiger charge is -2.10. The predicted molar refractivity (Wildman–Crippen MR) is 124 cm³/mol. The van der Waals surface area contributed by atoms with E-state index in [0.29, 0.717) is 28.0 Å². The van der Waals surface area contributed by atoms with Gasteiger partial charge in [0.05, 0.1) is 18.6 Å². The highest BCUT2D eigenvalue weighted by atomic mass is 35.5. The maximum Gasteiger partial charge on any atom is 0.373 e. The zero-order chi connectivity index (χ0) is 23.4. The fourth-order valence-corrected chi connectivity index (χ4v) is 3.99. The normalized spacial score (nSPS) is 14.7. The number of thioether (sulfide) groups is 1. The summed E-state index contributed by atoms with van der Waals surface area (Å²) in [5.41, 5.74) is 1.75. The van der Waals surface area contributed by atoms with Gasteiger partial charge in [0.25, 0.3) is 11.1 Å². The minimum Gasteiger partial charge on any atom is -0.489 e. The first-order valence-electron chi connectivity index (χ1n) is 9.82. The van der Waals surface area contributed by atoms with Crippen LogP contribution >= 0.6 is 23.4 Å². The zero-order valence-electron chi connectivity index (χ0n) is 17.4. The van der Waals surface area contributed by atoms with E-state index in [1.54, 1.807) is 42.5 Å². The van der Waals surface area contributed by atoms with Crippen molar-refractivity contribution in [3.05, 3.63) is 93.2 Å². The summed E-state index contributed by atoms with van der Waals surface area (Å²) in [6.45, 7) is 0.330. The molecule has 2 heterocycles. The van der Waals surface area contributed by atoms with Crippen LogP contribution in [0.2, 0.25) is 5.02 Å². The Morgan fingerprint density at radius 2 is 1.79 bits per heavy atom. The summed E-state index contributed by atoms with van der Waals surface area (Å²) in [4.78, 5) is 37.9. The molecule has 7 nitrogen and oxygen atoms in total. The van der Waals surface area contributed by atoms with Crippen molar-refractivity contribution in [2.75, 3.05) is 7.11 Å². The molecule has 2 aromatic carbocycles. The van der Waals surface area contributed by atoms with Crippen molar-refractivity contribution in [3.63, 3.8) is 0 Å². The molecule has 3 aromatic rings. The number of carbonyl (C=O) groups excluding carboxylic acids is 3. The number of rotatable bonds is 7. The number of furan rings is 1. The molecule has 9 heteroatoms. The molecule has 4 rings (SSSR count). The van der Waals surface area contributed by atoms with E-state index in [2.05, 4.69) is 4.74 Å². The lowest BCUT2D eigenvalue weighted by atomic mass is 10.2. The van der Waals surface area contributed by atoms with Gasteiger partial charge in [-0.25, -0.2) is 4.79 Å². The fraction of sp³-hybridized carbons (Fsp3) is 0.125. The predicted octanol–water partition coefficient (Wildman–Crippen LogP) is 5.54. The van der Waals surface area contributed by atoms with Crippen molar-refractivity contribution >= 4 is 46.6 Å². The summed E-state index contributed by atoms with van der Waals surface area (Å²) in [6.07, 6.45) is 1.65. The van der Waals surface area contributed by atoms with Crippen LogP contribution in [0.5, 0.6) is 5.75 Å². The average Bonchev–Trinajstić information content (AvgIpc) is 3.39. The molecule has 1 aliphatic rings. The van der Waals surface area contributed by atoms with Gasteiger partial charge < -0.3 is 13.9 Å². The van der Waals surface area contributed by atoms with E-state index in [1.807, 2.05) is 12.1 Å². The first kappa shape index (κ1) is 22.7. The monoisotopic (exact) mass is 483 g/mol. The summed E-state index contributed by atoms with van der Waals surface area (Å²) >= 11 is 6.73. The van der Waals surface area contributed by atoms with Gasteiger partial charge in [0.15, 0.2) is 0 Å². The summed E-state index contributed by atoms with van der Waals surface area (Å²) < 4.78 is 15.7. The van der Waals surface area contributed by atoms with Gasteiger partial charge in [-0.1, -0.05) is 35.9 Å². The molecule has 0 spiro atoms. The lowest BCUT2D eigenvalue weighted by Crippen LogP contribution is -2.27. The third-order valence-corrected chi connectivity index (χ3v) is 5.89. The number of halogens is 1. The molecule has 1 saturated heterocycles. The van der Waals surface area contributed by atoms with E-state index in [4.69, 9.17) is 20.8 Å². The lowest BCUT2D eigenvalue weighted by molar-refractivity contribution is -0.123. The van der Waals surface area contributed by atoms with Crippen molar-refractivity contribution in [2.24, 2.45) is 0 Å². The number of carbonyl (C=O) groups is 3. The molecule has 0 aliphatic carbocycles. The zero-order valence-corrected chi connectivity index (χ0v) is 19.0. The summed E-state index contributed by atoms with van der Waals surface area (Å²) in [5, 5.41) is 0.257. The quantitative estimate of drug-likeness (QED) is 0.322. The van der Waals surface area contributed by atoms with Crippen LogP contribution in [0.4, 0.5) is 4.79 Å². The molecule has 1 aromatic heterocycles. The van der Waals surface area contributed by atoms with Crippen LogP contribution in [-0.4, -0.2) is 29.1 Å². The van der Waals surface area contributed by atoms with E-state index in [-0.39, 0.29) is 12.3 Å². The number of hydrogen-bond donors (Lipinski definition) is 0. The highest BCUT2D eigenvalue weighted by Crippen LogP contribution is 2.33. The molecular formula is C24H18ClNO6S. The Kier molecular flexibility index (Phi) is 6.86. The third-order valence-electron chi connectivity index (χ3n) is 4.73. The van der Waals surface area contributed by atoms with E-state index < -0.39 is 17.1 Å². The van der Waals surface area contributed by atoms with Crippen molar-refractivity contribution in [1.29, 1.82) is 0 Å². The van der Waals surface area contributed by atoms with E-state index in [0.717, 1.165) is 27.8 Å². The van der Waals surface area contributed by atoms with Gasteiger partial charge in [0.2, 0.25) is 5.76 Å². The average molecular weight is 484 g/mol. The number of benzene rings is 2. The molecule has 0 N–H and O–H groups in total. The van der Waals surface area contributed by atoms with Gasteiger partial charge in [0, 0.05) is 5.02 Å². The van der Waals surface area contributed by atoms with Gasteiger partial charge in [-0.15, -0.1) is 0 Å². The molecule has 0 radical (unpaired) electrons. The molecule has 0 atom stereocenters. The molecule has 2 amide bonds. The molecule has 168 valence electrons. The second-order valence-electron chi connectivity index (χ2n) is 7.01. The van der Waals surface area contributed by atoms with Crippen LogP contribution in [0, 0.1) is 0 Å². The van der Waals surface area contributed by atoms with Gasteiger partial charge >= 0.3 is 5.97 Å². The standard InChI is InChI=1S/C24H18ClNO6S/c1-30-23(28)20-11-10-19(32-20)13-26-22(27)21(33-24(26)29)12-15-4-8-18(9-5-15)31-14-16-2-6-17(25)7-3-16/h2-12H,13-14H2,1H3/b21-12+. The number of esters is 1. The number of hydrogen-bond acceptors (Lipinski definition) is 7. The van der Waals surface area contributed by atoms with Crippen LogP contribution in [-0.2, 0) is 22.7 Å². The largest absolute Gasteiger partial charge is 0.489 e. The second-order valence-corrected chi connectivity index (χ2v) is 8.44. The molecule has 33 heavy (non-hydrogen) atoms. The highest BCUT2D eigenvalue weighted by molar-refractivity contribution is 8.18. The minimum absolute atomic E-state index is 0.00776. The smallest absolute Gasteiger partial charge is 0.373 e. The maximum atomic E-state index is 12.7. The van der Waals surface area contributed by atoms with Gasteiger partial charge in [0.1, 0.15) is 18.1 Å². The minimum atomic E-state index is -0.629. The van der Waals surface area contributed by atoms with Crippen molar-refractivity contribution in [3.8, 4) is 5.75 Å². The fourth-order valence-electron chi connectivity index (χ4n) is 3.02. The van der Waals surface area contributed by atoms with Gasteiger partial charge in [-0.2, -0.15) is 0 Å². The van der Waals surface area contributed by atoms with Crippen LogP contribution in [0.1, 0.15) is 27.4 Å². The maximum absolute atomic E-state index is 12.7. The molecule has 1 aliphatic heterocycles.